The quantitative estimate of drug-likeness (QED) is 0.634. The molecule has 3 heteroatoms. The molecule has 0 amide bonds. The molecule has 0 radical (unpaired) electrons. The Kier molecular flexibility index (Phi) is 3.93. The molecule has 62 valence electrons. The Labute approximate surface area is 73.0 Å². The molecule has 0 aliphatic carbocycles. The zero-order valence-corrected chi connectivity index (χ0v) is 7.27. The Bertz CT molecular complexity index is 206. The van der Waals surface area contributed by atoms with Crippen molar-refractivity contribution in [1.82, 2.24) is 0 Å². The molecule has 0 aromatic heterocycles. The van der Waals surface area contributed by atoms with Gasteiger partial charge in [0.2, 0.25) is 0 Å². The highest BCUT2D eigenvalue weighted by atomic mass is 35.5. The van der Waals surface area contributed by atoms with E-state index >= 15 is 0 Å². The Morgan fingerprint density at radius 1 is 1.18 bits per heavy atom. The van der Waals surface area contributed by atoms with E-state index in [2.05, 4.69) is 0 Å². The van der Waals surface area contributed by atoms with Gasteiger partial charge >= 0.3 is 0 Å². The van der Waals surface area contributed by atoms with E-state index in [-0.39, 0.29) is 18.4 Å². The number of rotatable bonds is 1. The van der Waals surface area contributed by atoms with Crippen molar-refractivity contribution in [3.63, 3.8) is 0 Å². The van der Waals surface area contributed by atoms with Gasteiger partial charge in [-0.1, -0.05) is 12.1 Å². The van der Waals surface area contributed by atoms with E-state index in [1.54, 1.807) is 0 Å². The van der Waals surface area contributed by atoms with Gasteiger partial charge in [-0.25, -0.2) is 0 Å². The standard InChI is InChI=1S/C8H12N2.ClH/c1-6(9)7-2-4-8(10)5-3-7;/h2-6H,9-10H2,1H3;1H. The van der Waals surface area contributed by atoms with E-state index in [1.165, 1.54) is 0 Å². The first-order valence-corrected chi connectivity index (χ1v) is 3.31. The lowest BCUT2D eigenvalue weighted by atomic mass is 10.1. The van der Waals surface area contributed by atoms with Gasteiger partial charge in [0.1, 0.15) is 0 Å². The van der Waals surface area contributed by atoms with E-state index in [9.17, 15) is 0 Å². The summed E-state index contributed by atoms with van der Waals surface area (Å²) < 4.78 is 0. The molecule has 0 spiro atoms. The van der Waals surface area contributed by atoms with Gasteiger partial charge in [0, 0.05) is 11.7 Å². The number of halogens is 1. The molecule has 1 aromatic carbocycles. The van der Waals surface area contributed by atoms with Crippen LogP contribution in [0.3, 0.4) is 0 Å². The summed E-state index contributed by atoms with van der Waals surface area (Å²) in [5.74, 6) is 0. The molecule has 0 bridgehead atoms. The van der Waals surface area contributed by atoms with Crippen molar-refractivity contribution in [2.75, 3.05) is 5.73 Å². The van der Waals surface area contributed by atoms with Crippen LogP contribution in [0.2, 0.25) is 0 Å². The fourth-order valence-corrected chi connectivity index (χ4v) is 0.800. The summed E-state index contributed by atoms with van der Waals surface area (Å²) in [5.41, 5.74) is 13.0. The Morgan fingerprint density at radius 2 is 1.64 bits per heavy atom. The molecule has 0 aliphatic rings. The van der Waals surface area contributed by atoms with Crippen LogP contribution in [0.25, 0.3) is 0 Å². The lowest BCUT2D eigenvalue weighted by Crippen LogP contribution is -2.04. The van der Waals surface area contributed by atoms with Crippen LogP contribution in [-0.4, -0.2) is 0 Å². The van der Waals surface area contributed by atoms with Gasteiger partial charge in [0.25, 0.3) is 0 Å². The van der Waals surface area contributed by atoms with E-state index in [0.717, 1.165) is 11.3 Å². The van der Waals surface area contributed by atoms with Gasteiger partial charge in [-0.2, -0.15) is 0 Å². The SMILES string of the molecule is CC(N)c1ccc(N)cc1.Cl. The van der Waals surface area contributed by atoms with Crippen LogP contribution in [0.15, 0.2) is 24.3 Å². The van der Waals surface area contributed by atoms with Crippen LogP contribution >= 0.6 is 12.4 Å². The summed E-state index contributed by atoms with van der Waals surface area (Å²) in [6, 6.07) is 7.71. The molecular weight excluding hydrogens is 160 g/mol. The third kappa shape index (κ3) is 2.78. The smallest absolute Gasteiger partial charge is 0.0314 e. The van der Waals surface area contributed by atoms with Crippen LogP contribution in [0, 0.1) is 0 Å². The first kappa shape index (κ1) is 10.3. The second-order valence-electron chi connectivity index (χ2n) is 2.46. The monoisotopic (exact) mass is 172 g/mol. The van der Waals surface area contributed by atoms with Gasteiger partial charge in [0.05, 0.1) is 0 Å². The number of hydrogen-bond acceptors (Lipinski definition) is 2. The Balaban J connectivity index is 0.000001000. The van der Waals surface area contributed by atoms with E-state index < -0.39 is 0 Å². The maximum atomic E-state index is 5.62. The van der Waals surface area contributed by atoms with Gasteiger partial charge in [-0.05, 0) is 24.6 Å². The minimum absolute atomic E-state index is 0. The topological polar surface area (TPSA) is 52.0 Å². The predicted octanol–water partition coefficient (Wildman–Crippen LogP) is 1.71. The van der Waals surface area contributed by atoms with Crippen molar-refractivity contribution >= 4 is 18.1 Å². The molecule has 1 rings (SSSR count). The lowest BCUT2D eigenvalue weighted by Gasteiger charge is -2.03. The Hall–Kier alpha value is -0.730. The van der Waals surface area contributed by atoms with Crippen LogP contribution in [0.1, 0.15) is 18.5 Å². The molecule has 11 heavy (non-hydrogen) atoms. The number of anilines is 1. The second-order valence-corrected chi connectivity index (χ2v) is 2.46. The summed E-state index contributed by atoms with van der Waals surface area (Å²) >= 11 is 0. The fourth-order valence-electron chi connectivity index (χ4n) is 0.800. The lowest BCUT2D eigenvalue weighted by molar-refractivity contribution is 0.818. The molecule has 1 aromatic rings. The van der Waals surface area contributed by atoms with E-state index in [0.29, 0.717) is 0 Å². The van der Waals surface area contributed by atoms with Gasteiger partial charge < -0.3 is 11.5 Å². The largest absolute Gasteiger partial charge is 0.399 e. The molecular formula is C8H13ClN2. The van der Waals surface area contributed by atoms with Crippen molar-refractivity contribution in [2.45, 2.75) is 13.0 Å². The molecule has 0 saturated carbocycles. The van der Waals surface area contributed by atoms with E-state index in [4.69, 9.17) is 11.5 Å². The van der Waals surface area contributed by atoms with Crippen molar-refractivity contribution < 1.29 is 0 Å². The van der Waals surface area contributed by atoms with Crippen LogP contribution in [0.5, 0.6) is 0 Å². The number of hydrogen-bond donors (Lipinski definition) is 2. The molecule has 2 nitrogen and oxygen atoms in total. The first-order valence-electron chi connectivity index (χ1n) is 3.31. The normalized spacial score (nSPS) is 11.8. The minimum Gasteiger partial charge on any atom is -0.399 e. The average Bonchev–Trinajstić information content (AvgIpc) is 1.88. The molecule has 1 atom stereocenters. The minimum atomic E-state index is 0. The maximum Gasteiger partial charge on any atom is 0.0314 e. The fraction of sp³-hybridized carbons (Fsp3) is 0.250. The average molecular weight is 173 g/mol. The summed E-state index contributed by atoms with van der Waals surface area (Å²) in [7, 11) is 0. The third-order valence-electron chi connectivity index (χ3n) is 1.46. The summed E-state index contributed by atoms with van der Waals surface area (Å²) in [6.07, 6.45) is 0. The van der Waals surface area contributed by atoms with E-state index in [1.807, 2.05) is 31.2 Å². The number of nitrogens with two attached hydrogens (primary N) is 2. The van der Waals surface area contributed by atoms with Crippen LogP contribution < -0.4 is 11.5 Å². The Morgan fingerprint density at radius 3 is 2.00 bits per heavy atom. The first-order chi connectivity index (χ1) is 4.70. The predicted molar refractivity (Wildman–Crippen MR) is 50.7 cm³/mol. The van der Waals surface area contributed by atoms with Crippen molar-refractivity contribution in [3.05, 3.63) is 29.8 Å². The molecule has 4 N–H and O–H groups in total. The maximum absolute atomic E-state index is 5.62. The number of benzene rings is 1. The van der Waals surface area contributed by atoms with Crippen molar-refractivity contribution in [1.29, 1.82) is 0 Å². The highest BCUT2D eigenvalue weighted by Crippen LogP contribution is 2.10. The van der Waals surface area contributed by atoms with Crippen LogP contribution in [0.4, 0.5) is 5.69 Å². The highest BCUT2D eigenvalue weighted by Gasteiger charge is 1.95. The summed E-state index contributed by atoms with van der Waals surface area (Å²) in [6.45, 7) is 1.95. The van der Waals surface area contributed by atoms with Crippen LogP contribution in [-0.2, 0) is 0 Å². The zero-order chi connectivity index (χ0) is 7.56. The molecule has 0 aliphatic heterocycles. The van der Waals surface area contributed by atoms with Crippen molar-refractivity contribution in [3.8, 4) is 0 Å². The van der Waals surface area contributed by atoms with Crippen molar-refractivity contribution in [2.24, 2.45) is 5.73 Å². The number of nitrogen functional groups attached to an aromatic ring is 1. The molecule has 0 saturated heterocycles. The molecule has 0 heterocycles. The highest BCUT2D eigenvalue weighted by molar-refractivity contribution is 5.85. The summed E-state index contributed by atoms with van der Waals surface area (Å²) in [4.78, 5) is 0. The van der Waals surface area contributed by atoms with Gasteiger partial charge in [-0.3, -0.25) is 0 Å². The second kappa shape index (κ2) is 4.21. The van der Waals surface area contributed by atoms with Gasteiger partial charge in [-0.15, -0.1) is 12.4 Å². The summed E-state index contributed by atoms with van der Waals surface area (Å²) in [5, 5.41) is 0. The molecule has 1 unspecified atom stereocenters. The van der Waals surface area contributed by atoms with Gasteiger partial charge in [0.15, 0.2) is 0 Å². The molecule has 0 fully saturated rings. The zero-order valence-electron chi connectivity index (χ0n) is 6.45. The third-order valence-corrected chi connectivity index (χ3v) is 1.46.